The van der Waals surface area contributed by atoms with Gasteiger partial charge in [0.25, 0.3) is 10.0 Å². The van der Waals surface area contributed by atoms with E-state index in [0.717, 1.165) is 43.4 Å². The van der Waals surface area contributed by atoms with Crippen LogP contribution in [0.1, 0.15) is 41.0 Å². The van der Waals surface area contributed by atoms with E-state index in [1.165, 1.54) is 36.6 Å². The van der Waals surface area contributed by atoms with E-state index in [9.17, 15) is 21.6 Å². The summed E-state index contributed by atoms with van der Waals surface area (Å²) in [5, 5.41) is 4.93. The molecule has 1 aliphatic heterocycles. The van der Waals surface area contributed by atoms with Crippen LogP contribution in [0.4, 0.5) is 13.2 Å². The van der Waals surface area contributed by atoms with Crippen molar-refractivity contribution in [3.63, 3.8) is 0 Å². The summed E-state index contributed by atoms with van der Waals surface area (Å²) in [6.07, 6.45) is 1.72. The Morgan fingerprint density at radius 1 is 1.13 bits per heavy atom. The highest BCUT2D eigenvalue weighted by atomic mass is 32.2. The van der Waals surface area contributed by atoms with E-state index in [4.69, 9.17) is 9.88 Å². The Kier molecular flexibility index (Phi) is 7.52. The van der Waals surface area contributed by atoms with Crippen molar-refractivity contribution in [3.8, 4) is 5.75 Å². The van der Waals surface area contributed by atoms with Crippen molar-refractivity contribution in [3.05, 3.63) is 77.2 Å². The third kappa shape index (κ3) is 6.22. The van der Waals surface area contributed by atoms with Crippen molar-refractivity contribution < 1.29 is 26.3 Å². The van der Waals surface area contributed by atoms with Crippen LogP contribution in [-0.4, -0.2) is 49.1 Å². The summed E-state index contributed by atoms with van der Waals surface area (Å²) in [7, 11) is -3.83. The fourth-order valence-electron chi connectivity index (χ4n) is 5.41. The number of fused-ring (bicyclic) bond motifs is 1. The largest absolute Gasteiger partial charge is 0.494 e. The number of halogens is 3. The number of aromatic nitrogens is 2. The number of nitrogens with two attached hydrogens (primary N) is 1. The van der Waals surface area contributed by atoms with Crippen LogP contribution in [0.3, 0.4) is 0 Å². The zero-order valence-corrected chi connectivity index (χ0v) is 21.7. The van der Waals surface area contributed by atoms with Gasteiger partial charge < -0.3 is 14.2 Å². The summed E-state index contributed by atoms with van der Waals surface area (Å²) in [5.74, 6) is 1.17. The van der Waals surface area contributed by atoms with Crippen molar-refractivity contribution in [1.29, 1.82) is 0 Å². The van der Waals surface area contributed by atoms with E-state index in [2.05, 4.69) is 16.0 Å². The van der Waals surface area contributed by atoms with Gasteiger partial charge >= 0.3 is 6.18 Å². The maximum absolute atomic E-state index is 13.3. The molecule has 0 radical (unpaired) electrons. The van der Waals surface area contributed by atoms with Crippen LogP contribution in [0.15, 0.2) is 60.0 Å². The number of imidazole rings is 1. The lowest BCUT2D eigenvalue weighted by atomic mass is 9.85. The molecule has 2 unspecified atom stereocenters. The van der Waals surface area contributed by atoms with Crippen LogP contribution in [0.25, 0.3) is 0 Å². The number of aryl methyl sites for hydroxylation is 1. The molecule has 204 valence electrons. The van der Waals surface area contributed by atoms with E-state index < -0.39 is 21.8 Å². The minimum atomic E-state index is -4.36. The average Bonchev–Trinajstić information content (AvgIpc) is 3.44. The molecule has 1 saturated heterocycles. The topological polar surface area (TPSA) is 90.5 Å². The first-order chi connectivity index (χ1) is 18.1. The predicted molar refractivity (Wildman–Crippen MR) is 136 cm³/mol. The van der Waals surface area contributed by atoms with E-state index >= 15 is 0 Å². The van der Waals surface area contributed by atoms with E-state index in [-0.39, 0.29) is 10.9 Å². The third-order valence-corrected chi connectivity index (χ3v) is 8.24. The average molecular weight is 549 g/mol. The predicted octanol–water partition coefficient (Wildman–Crippen LogP) is 4.22. The lowest BCUT2D eigenvalue weighted by Crippen LogP contribution is -2.41. The molecule has 5 rings (SSSR count). The van der Waals surface area contributed by atoms with Crippen LogP contribution in [-0.2, 0) is 35.6 Å². The van der Waals surface area contributed by atoms with Crippen molar-refractivity contribution in [2.24, 2.45) is 11.1 Å². The van der Waals surface area contributed by atoms with Gasteiger partial charge in [-0.1, -0.05) is 24.3 Å². The van der Waals surface area contributed by atoms with E-state index in [0.29, 0.717) is 37.5 Å². The molecule has 1 aliphatic carbocycles. The number of ether oxygens (including phenoxy) is 1. The fourth-order valence-corrected chi connectivity index (χ4v) is 5.89. The van der Waals surface area contributed by atoms with Gasteiger partial charge in [-0.05, 0) is 85.5 Å². The number of alkyl halides is 3. The number of benzene rings is 2. The number of likely N-dealkylation sites (tertiary alicyclic amines) is 1. The Morgan fingerprint density at radius 3 is 2.63 bits per heavy atom. The fraction of sp³-hybridized carbons (Fsp3) is 0.444. The van der Waals surface area contributed by atoms with Crippen LogP contribution in [0, 0.1) is 5.92 Å². The molecule has 11 heteroatoms. The Labute approximate surface area is 220 Å². The smallest absolute Gasteiger partial charge is 0.416 e. The number of primary sulfonamides is 1. The van der Waals surface area contributed by atoms with Gasteiger partial charge in [-0.2, -0.15) is 13.2 Å². The monoisotopic (exact) mass is 548 g/mol. The number of sulfonamides is 1. The molecule has 2 heterocycles. The van der Waals surface area contributed by atoms with Crippen molar-refractivity contribution in [2.45, 2.75) is 49.3 Å². The molecular formula is C27H31F3N4O3S. The molecule has 3 aromatic rings. The molecule has 38 heavy (non-hydrogen) atoms. The zero-order chi connectivity index (χ0) is 26.9. The summed E-state index contributed by atoms with van der Waals surface area (Å²) in [6, 6.07) is 11.7. The van der Waals surface area contributed by atoms with Crippen LogP contribution in [0.5, 0.6) is 5.75 Å². The number of hydrogen-bond acceptors (Lipinski definition) is 5. The molecule has 0 saturated carbocycles. The van der Waals surface area contributed by atoms with Gasteiger partial charge in [-0.25, -0.2) is 18.5 Å². The van der Waals surface area contributed by atoms with Gasteiger partial charge in [0.05, 0.1) is 18.5 Å². The molecule has 0 bridgehead atoms. The van der Waals surface area contributed by atoms with Crippen molar-refractivity contribution in [2.75, 3.05) is 26.2 Å². The second-order valence-electron chi connectivity index (χ2n) is 10.2. The summed E-state index contributed by atoms with van der Waals surface area (Å²) < 4.78 is 70.4. The summed E-state index contributed by atoms with van der Waals surface area (Å²) in [4.78, 5) is 6.23. The highest BCUT2D eigenvalue weighted by molar-refractivity contribution is 7.89. The van der Waals surface area contributed by atoms with Crippen LogP contribution in [0.2, 0.25) is 0 Å². The lowest BCUT2D eigenvalue weighted by molar-refractivity contribution is -0.137. The second kappa shape index (κ2) is 10.7. The van der Waals surface area contributed by atoms with Gasteiger partial charge in [0.1, 0.15) is 5.75 Å². The molecule has 1 fully saturated rings. The number of hydrogen-bond donors (Lipinski definition) is 1. The molecule has 1 aromatic heterocycles. The number of rotatable bonds is 10. The zero-order valence-electron chi connectivity index (χ0n) is 20.9. The highest BCUT2D eigenvalue weighted by Gasteiger charge is 2.36. The standard InChI is InChI=1S/C27H31F3N4O3S/c28-27(29,30)22-5-1-4-19(12-22)13-24-21(16-33-8-2-9-33)14-20-6-7-23(15-25(20)24)37-11-3-10-34-17-26(32-18-34)38(31,35)36/h1,4-7,12,15,17-18,21,24H,2-3,8-11,13-14,16H2,(H2,31,35,36). The Hall–Kier alpha value is -2.89. The molecule has 2 aromatic carbocycles. The van der Waals surface area contributed by atoms with Crippen molar-refractivity contribution >= 4 is 10.0 Å². The molecule has 2 aliphatic rings. The van der Waals surface area contributed by atoms with Gasteiger partial charge in [0.2, 0.25) is 0 Å². The molecule has 0 spiro atoms. The minimum absolute atomic E-state index is 0.111. The van der Waals surface area contributed by atoms with Crippen molar-refractivity contribution in [1.82, 2.24) is 14.5 Å². The molecule has 7 nitrogen and oxygen atoms in total. The quantitative estimate of drug-likeness (QED) is 0.383. The van der Waals surface area contributed by atoms with E-state index in [1.807, 2.05) is 12.1 Å². The van der Waals surface area contributed by atoms with Gasteiger partial charge in [-0.3, -0.25) is 0 Å². The molecule has 0 amide bonds. The van der Waals surface area contributed by atoms with Gasteiger partial charge in [0.15, 0.2) is 5.03 Å². The summed E-state index contributed by atoms with van der Waals surface area (Å²) in [6.45, 7) is 4.03. The maximum Gasteiger partial charge on any atom is 0.416 e. The summed E-state index contributed by atoms with van der Waals surface area (Å²) >= 11 is 0. The first-order valence-corrected chi connectivity index (χ1v) is 14.3. The minimum Gasteiger partial charge on any atom is -0.494 e. The maximum atomic E-state index is 13.3. The Bertz CT molecular complexity index is 1390. The molecule has 2 atom stereocenters. The Balaban J connectivity index is 1.27. The van der Waals surface area contributed by atoms with Gasteiger partial charge in [0, 0.05) is 19.3 Å². The first kappa shape index (κ1) is 26.7. The normalized spacial score (nSPS) is 19.8. The Morgan fingerprint density at radius 2 is 1.95 bits per heavy atom. The second-order valence-corrected chi connectivity index (χ2v) is 11.7. The third-order valence-electron chi connectivity index (χ3n) is 7.45. The lowest BCUT2D eigenvalue weighted by Gasteiger charge is -2.35. The highest BCUT2D eigenvalue weighted by Crippen LogP contribution is 2.43. The molecular weight excluding hydrogens is 517 g/mol. The molecule has 2 N–H and O–H groups in total. The van der Waals surface area contributed by atoms with Crippen LogP contribution < -0.4 is 9.88 Å². The SMILES string of the molecule is NS(=O)(=O)c1cn(CCCOc2ccc3c(c2)C(Cc2cccc(C(F)(F)F)c2)C(CN2CCC2)C3)cn1. The number of nitrogens with zero attached hydrogens (tertiary/aromatic N) is 3. The van der Waals surface area contributed by atoms with E-state index in [1.54, 1.807) is 10.6 Å². The summed E-state index contributed by atoms with van der Waals surface area (Å²) in [5.41, 5.74) is 2.46. The van der Waals surface area contributed by atoms with Crippen LogP contribution >= 0.6 is 0 Å². The van der Waals surface area contributed by atoms with Gasteiger partial charge in [-0.15, -0.1) is 0 Å². The first-order valence-electron chi connectivity index (χ1n) is 12.7.